The van der Waals surface area contributed by atoms with Crippen LogP contribution in [0, 0.1) is 5.82 Å². The number of nitrogens with zero attached hydrogens (tertiary/aromatic N) is 3. The van der Waals surface area contributed by atoms with Crippen LogP contribution >= 0.6 is 12.2 Å². The average molecular weight is 453 g/mol. The van der Waals surface area contributed by atoms with Crippen LogP contribution in [0.2, 0.25) is 0 Å². The number of halogens is 1. The molecule has 0 radical (unpaired) electrons. The molecule has 1 aromatic carbocycles. The molecule has 2 unspecified atom stereocenters. The van der Waals surface area contributed by atoms with Crippen molar-refractivity contribution in [3.05, 3.63) is 78.1 Å². The van der Waals surface area contributed by atoms with Gasteiger partial charge in [-0.05, 0) is 60.7 Å². The summed E-state index contributed by atoms with van der Waals surface area (Å²) in [5, 5.41) is 4.15. The van der Waals surface area contributed by atoms with Gasteiger partial charge in [0.15, 0.2) is 5.11 Å². The van der Waals surface area contributed by atoms with E-state index < -0.39 is 0 Å². The van der Waals surface area contributed by atoms with Gasteiger partial charge in [-0.1, -0.05) is 6.07 Å². The molecule has 32 heavy (non-hydrogen) atoms. The first kappa shape index (κ1) is 21.1. The first-order chi connectivity index (χ1) is 15.7. The van der Waals surface area contributed by atoms with Crippen molar-refractivity contribution in [1.82, 2.24) is 20.1 Å². The molecule has 166 valence electrons. The number of hydrogen-bond acceptors (Lipinski definition) is 5. The number of benzene rings is 1. The minimum absolute atomic E-state index is 0.124. The summed E-state index contributed by atoms with van der Waals surface area (Å²) in [5.41, 5.74) is 1.74. The van der Waals surface area contributed by atoms with Crippen LogP contribution in [-0.4, -0.2) is 59.3 Å². The maximum Gasteiger partial charge on any atom is 0.170 e. The van der Waals surface area contributed by atoms with Crippen LogP contribution in [0.4, 0.5) is 4.39 Å². The molecule has 0 amide bonds. The van der Waals surface area contributed by atoms with E-state index in [-0.39, 0.29) is 17.9 Å². The van der Waals surface area contributed by atoms with E-state index in [0.29, 0.717) is 10.9 Å². The van der Waals surface area contributed by atoms with Crippen LogP contribution in [0.3, 0.4) is 0 Å². The predicted molar refractivity (Wildman–Crippen MR) is 124 cm³/mol. The SMILES string of the molecule is Fc1ccc(-c2ccc(C3C(c4ccccn4)NC(=S)N3CCN3CCOCC3)o2)cc1. The number of hydrogen-bond donors (Lipinski definition) is 1. The van der Waals surface area contributed by atoms with Crippen LogP contribution in [0.15, 0.2) is 65.2 Å². The molecule has 0 aliphatic carbocycles. The van der Waals surface area contributed by atoms with Gasteiger partial charge in [-0.15, -0.1) is 0 Å². The minimum Gasteiger partial charge on any atom is -0.459 e. The van der Waals surface area contributed by atoms with Crippen molar-refractivity contribution in [2.24, 2.45) is 0 Å². The standard InChI is InChI=1S/C24H25FN4O2S/c25-18-6-4-17(5-7-18)20-8-9-21(31-20)23-22(19-3-1-2-10-26-19)27-24(32)29(23)12-11-28-13-15-30-16-14-28/h1-10,22-23H,11-16H2,(H,27,32). The molecule has 8 heteroatoms. The van der Waals surface area contributed by atoms with Gasteiger partial charge in [0.25, 0.3) is 0 Å². The van der Waals surface area contributed by atoms with Crippen LogP contribution < -0.4 is 5.32 Å². The van der Waals surface area contributed by atoms with E-state index in [1.807, 2.05) is 30.3 Å². The number of pyridine rings is 1. The van der Waals surface area contributed by atoms with Crippen molar-refractivity contribution in [2.45, 2.75) is 12.1 Å². The predicted octanol–water partition coefficient (Wildman–Crippen LogP) is 3.79. The summed E-state index contributed by atoms with van der Waals surface area (Å²) in [5.74, 6) is 1.23. The first-order valence-corrected chi connectivity index (χ1v) is 11.2. The lowest BCUT2D eigenvalue weighted by Crippen LogP contribution is -2.42. The monoisotopic (exact) mass is 452 g/mol. The Morgan fingerprint density at radius 1 is 1.03 bits per heavy atom. The van der Waals surface area contributed by atoms with E-state index in [9.17, 15) is 4.39 Å². The Balaban J connectivity index is 1.43. The Kier molecular flexibility index (Phi) is 6.16. The number of morpholine rings is 1. The Morgan fingerprint density at radius 3 is 2.59 bits per heavy atom. The van der Waals surface area contributed by atoms with E-state index in [0.717, 1.165) is 56.4 Å². The lowest BCUT2D eigenvalue weighted by molar-refractivity contribution is 0.0347. The molecule has 1 N–H and O–H groups in total. The van der Waals surface area contributed by atoms with E-state index in [1.165, 1.54) is 12.1 Å². The number of rotatable bonds is 6. The number of thiocarbonyl (C=S) groups is 1. The van der Waals surface area contributed by atoms with Crippen LogP contribution in [0.5, 0.6) is 0 Å². The first-order valence-electron chi connectivity index (χ1n) is 10.8. The van der Waals surface area contributed by atoms with Crippen molar-refractivity contribution < 1.29 is 13.5 Å². The topological polar surface area (TPSA) is 53.8 Å². The summed E-state index contributed by atoms with van der Waals surface area (Å²) in [6.45, 7) is 5.05. The van der Waals surface area contributed by atoms with E-state index in [1.54, 1.807) is 18.3 Å². The lowest BCUT2D eigenvalue weighted by Gasteiger charge is -2.31. The summed E-state index contributed by atoms with van der Waals surface area (Å²) in [7, 11) is 0. The van der Waals surface area contributed by atoms with Crippen LogP contribution in [0.25, 0.3) is 11.3 Å². The van der Waals surface area contributed by atoms with E-state index >= 15 is 0 Å². The third kappa shape index (κ3) is 4.39. The van der Waals surface area contributed by atoms with Crippen molar-refractivity contribution in [3.63, 3.8) is 0 Å². The van der Waals surface area contributed by atoms with Crippen molar-refractivity contribution in [2.75, 3.05) is 39.4 Å². The molecule has 3 aromatic rings. The van der Waals surface area contributed by atoms with Gasteiger partial charge in [0.2, 0.25) is 0 Å². The molecule has 2 aliphatic rings. The molecule has 0 bridgehead atoms. The summed E-state index contributed by atoms with van der Waals surface area (Å²) in [4.78, 5) is 9.16. The van der Waals surface area contributed by atoms with Crippen molar-refractivity contribution in [3.8, 4) is 11.3 Å². The van der Waals surface area contributed by atoms with Gasteiger partial charge in [-0.25, -0.2) is 4.39 Å². The Bertz CT molecular complexity index is 1050. The smallest absolute Gasteiger partial charge is 0.170 e. The number of aromatic nitrogens is 1. The van der Waals surface area contributed by atoms with Gasteiger partial charge in [0, 0.05) is 37.9 Å². The van der Waals surface area contributed by atoms with Gasteiger partial charge in [-0.2, -0.15) is 0 Å². The van der Waals surface area contributed by atoms with Crippen LogP contribution in [0.1, 0.15) is 23.5 Å². The highest BCUT2D eigenvalue weighted by Gasteiger charge is 2.41. The second-order valence-electron chi connectivity index (χ2n) is 7.98. The number of nitrogens with one attached hydrogen (secondary N) is 1. The van der Waals surface area contributed by atoms with E-state index in [4.69, 9.17) is 21.4 Å². The van der Waals surface area contributed by atoms with Crippen molar-refractivity contribution in [1.29, 1.82) is 0 Å². The molecule has 0 spiro atoms. The Labute approximate surface area is 192 Å². The Hall–Kier alpha value is -2.81. The van der Waals surface area contributed by atoms with E-state index in [2.05, 4.69) is 20.1 Å². The summed E-state index contributed by atoms with van der Waals surface area (Å²) < 4.78 is 25.1. The fourth-order valence-electron chi connectivity index (χ4n) is 4.31. The van der Waals surface area contributed by atoms with Gasteiger partial charge in [0.05, 0.1) is 24.9 Å². The minimum atomic E-state index is -0.268. The van der Waals surface area contributed by atoms with Gasteiger partial charge >= 0.3 is 0 Å². The van der Waals surface area contributed by atoms with Gasteiger partial charge < -0.3 is 19.4 Å². The van der Waals surface area contributed by atoms with Gasteiger partial charge in [0.1, 0.15) is 23.4 Å². The quantitative estimate of drug-likeness (QED) is 0.571. The third-order valence-electron chi connectivity index (χ3n) is 6.01. The molecule has 2 saturated heterocycles. The molecule has 2 aliphatic heterocycles. The van der Waals surface area contributed by atoms with Crippen LogP contribution in [-0.2, 0) is 4.74 Å². The highest BCUT2D eigenvalue weighted by Crippen LogP contribution is 2.40. The molecular formula is C24H25FN4O2S. The largest absolute Gasteiger partial charge is 0.459 e. The summed E-state index contributed by atoms with van der Waals surface area (Å²) in [6, 6.07) is 15.9. The maximum absolute atomic E-state index is 13.3. The molecule has 5 rings (SSSR count). The van der Waals surface area contributed by atoms with Crippen molar-refractivity contribution >= 4 is 17.3 Å². The van der Waals surface area contributed by atoms with Gasteiger partial charge in [-0.3, -0.25) is 9.88 Å². The second kappa shape index (κ2) is 9.36. The lowest BCUT2D eigenvalue weighted by atomic mass is 10.0. The fourth-order valence-corrected chi connectivity index (χ4v) is 4.64. The molecule has 0 saturated carbocycles. The zero-order chi connectivity index (χ0) is 21.9. The summed E-state index contributed by atoms with van der Waals surface area (Å²) >= 11 is 5.74. The summed E-state index contributed by atoms with van der Waals surface area (Å²) in [6.07, 6.45) is 1.79. The number of ether oxygens (including phenoxy) is 1. The Morgan fingerprint density at radius 2 is 1.84 bits per heavy atom. The normalized spacial score (nSPS) is 21.7. The molecule has 2 aromatic heterocycles. The maximum atomic E-state index is 13.3. The average Bonchev–Trinajstić information content (AvgIpc) is 3.44. The molecule has 6 nitrogen and oxygen atoms in total. The molecule has 4 heterocycles. The second-order valence-corrected chi connectivity index (χ2v) is 8.37. The highest BCUT2D eigenvalue weighted by atomic mass is 32.1. The molecular weight excluding hydrogens is 427 g/mol. The third-order valence-corrected chi connectivity index (χ3v) is 6.36. The molecule has 2 atom stereocenters. The molecule has 2 fully saturated rings. The zero-order valence-electron chi connectivity index (χ0n) is 17.6. The fraction of sp³-hybridized carbons (Fsp3) is 0.333. The highest BCUT2D eigenvalue weighted by molar-refractivity contribution is 7.80. The number of furan rings is 1. The zero-order valence-corrected chi connectivity index (χ0v) is 18.4.